The third-order valence-electron chi connectivity index (χ3n) is 3.38. The highest BCUT2D eigenvalue weighted by atomic mass is 32.1. The summed E-state index contributed by atoms with van der Waals surface area (Å²) in [5.74, 6) is -0.183. The third kappa shape index (κ3) is 3.58. The van der Waals surface area contributed by atoms with Crippen LogP contribution in [0.3, 0.4) is 0 Å². The second-order valence-corrected chi connectivity index (χ2v) is 5.75. The van der Waals surface area contributed by atoms with Crippen LogP contribution < -0.4 is 10.2 Å². The highest BCUT2D eigenvalue weighted by molar-refractivity contribution is 7.07. The van der Waals surface area contributed by atoms with E-state index < -0.39 is 0 Å². The van der Waals surface area contributed by atoms with E-state index in [4.69, 9.17) is 0 Å². The molecule has 0 radical (unpaired) electrons. The number of hydrogen-bond donors (Lipinski definition) is 1. The molecule has 2 rings (SSSR count). The van der Waals surface area contributed by atoms with Crippen molar-refractivity contribution in [3.63, 3.8) is 0 Å². The first kappa shape index (κ1) is 15.0. The molecule has 0 saturated heterocycles. The normalized spacial score (nSPS) is 12.4. The van der Waals surface area contributed by atoms with Crippen LogP contribution in [0.2, 0.25) is 0 Å². The van der Waals surface area contributed by atoms with Crippen molar-refractivity contribution in [3.05, 3.63) is 52.0 Å². The van der Waals surface area contributed by atoms with Gasteiger partial charge in [0, 0.05) is 25.3 Å². The van der Waals surface area contributed by atoms with Crippen LogP contribution in [0.1, 0.15) is 31.0 Å². The van der Waals surface area contributed by atoms with Gasteiger partial charge in [-0.3, -0.25) is 0 Å². The van der Waals surface area contributed by atoms with Gasteiger partial charge in [-0.2, -0.15) is 11.3 Å². The Morgan fingerprint density at radius 1 is 1.35 bits per heavy atom. The van der Waals surface area contributed by atoms with Crippen LogP contribution in [0.4, 0.5) is 10.1 Å². The van der Waals surface area contributed by atoms with Gasteiger partial charge in [0.05, 0.1) is 0 Å². The quantitative estimate of drug-likeness (QED) is 0.858. The predicted molar refractivity (Wildman–Crippen MR) is 84.9 cm³/mol. The molecule has 108 valence electrons. The molecule has 1 unspecified atom stereocenters. The first-order valence-electron chi connectivity index (χ1n) is 6.87. The molecule has 1 heterocycles. The predicted octanol–water partition coefficient (Wildman–Crippen LogP) is 4.19. The zero-order chi connectivity index (χ0) is 14.5. The minimum atomic E-state index is -0.183. The Balaban J connectivity index is 2.25. The lowest BCUT2D eigenvalue weighted by atomic mass is 10.0. The molecule has 0 aliphatic heterocycles. The molecule has 0 saturated carbocycles. The molecule has 0 amide bonds. The summed E-state index contributed by atoms with van der Waals surface area (Å²) < 4.78 is 13.5. The van der Waals surface area contributed by atoms with Gasteiger partial charge in [0.1, 0.15) is 5.82 Å². The number of thiophene rings is 1. The van der Waals surface area contributed by atoms with Crippen LogP contribution >= 0.6 is 11.3 Å². The Hall–Kier alpha value is -1.39. The molecule has 0 bridgehead atoms. The minimum Gasteiger partial charge on any atom is -0.370 e. The number of rotatable bonds is 6. The van der Waals surface area contributed by atoms with Gasteiger partial charge in [0.15, 0.2) is 0 Å². The van der Waals surface area contributed by atoms with Crippen molar-refractivity contribution in [3.8, 4) is 0 Å². The van der Waals surface area contributed by atoms with Gasteiger partial charge >= 0.3 is 0 Å². The van der Waals surface area contributed by atoms with Gasteiger partial charge in [-0.25, -0.2) is 4.39 Å². The first-order valence-corrected chi connectivity index (χ1v) is 7.81. The van der Waals surface area contributed by atoms with Crippen molar-refractivity contribution in [2.24, 2.45) is 0 Å². The lowest BCUT2D eigenvalue weighted by Gasteiger charge is -2.25. The summed E-state index contributed by atoms with van der Waals surface area (Å²) in [4.78, 5) is 2.17. The highest BCUT2D eigenvalue weighted by Gasteiger charge is 2.14. The summed E-state index contributed by atoms with van der Waals surface area (Å²) in [6.07, 6.45) is 0. The molecule has 2 aromatic rings. The molecule has 1 aromatic heterocycles. The van der Waals surface area contributed by atoms with Gasteiger partial charge in [-0.1, -0.05) is 6.92 Å². The molecule has 1 atom stereocenters. The van der Waals surface area contributed by atoms with Crippen molar-refractivity contribution in [2.45, 2.75) is 26.4 Å². The molecule has 0 fully saturated rings. The number of hydrogen-bond acceptors (Lipinski definition) is 3. The van der Waals surface area contributed by atoms with Crippen molar-refractivity contribution in [2.75, 3.05) is 18.5 Å². The number of halogens is 1. The Labute approximate surface area is 124 Å². The van der Waals surface area contributed by atoms with E-state index in [0.29, 0.717) is 0 Å². The lowest BCUT2D eigenvalue weighted by molar-refractivity contribution is 0.581. The topological polar surface area (TPSA) is 15.3 Å². The zero-order valence-electron chi connectivity index (χ0n) is 12.2. The number of nitrogens with one attached hydrogen (secondary N) is 1. The van der Waals surface area contributed by atoms with Crippen LogP contribution in [0.25, 0.3) is 0 Å². The number of anilines is 1. The van der Waals surface area contributed by atoms with Gasteiger partial charge in [0.25, 0.3) is 0 Å². The van der Waals surface area contributed by atoms with Crippen molar-refractivity contribution >= 4 is 17.0 Å². The monoisotopic (exact) mass is 292 g/mol. The molecule has 0 aliphatic carbocycles. The van der Waals surface area contributed by atoms with Gasteiger partial charge < -0.3 is 10.2 Å². The van der Waals surface area contributed by atoms with E-state index in [0.717, 1.165) is 24.3 Å². The summed E-state index contributed by atoms with van der Waals surface area (Å²) in [6.45, 7) is 5.83. The van der Waals surface area contributed by atoms with E-state index >= 15 is 0 Å². The smallest absolute Gasteiger partial charge is 0.123 e. The van der Waals surface area contributed by atoms with Gasteiger partial charge in [0.2, 0.25) is 0 Å². The Morgan fingerprint density at radius 3 is 2.80 bits per heavy atom. The molecule has 0 aliphatic rings. The Bertz CT molecular complexity index is 539. The maximum absolute atomic E-state index is 13.5. The first-order chi connectivity index (χ1) is 9.61. The largest absolute Gasteiger partial charge is 0.370 e. The fourth-order valence-corrected chi connectivity index (χ4v) is 3.04. The fraction of sp³-hybridized carbons (Fsp3) is 0.375. The van der Waals surface area contributed by atoms with Crippen LogP contribution in [-0.2, 0) is 6.54 Å². The van der Waals surface area contributed by atoms with E-state index in [-0.39, 0.29) is 11.9 Å². The number of nitrogens with zero attached hydrogens (tertiary/aromatic N) is 1. The summed E-state index contributed by atoms with van der Waals surface area (Å²) in [7, 11) is 2.05. The molecule has 1 aromatic carbocycles. The maximum Gasteiger partial charge on any atom is 0.123 e. The molecular weight excluding hydrogens is 271 g/mol. The molecule has 20 heavy (non-hydrogen) atoms. The van der Waals surface area contributed by atoms with E-state index in [1.54, 1.807) is 17.4 Å². The summed E-state index contributed by atoms with van der Waals surface area (Å²) in [6, 6.07) is 7.28. The average molecular weight is 292 g/mol. The zero-order valence-corrected chi connectivity index (χ0v) is 13.0. The fourth-order valence-electron chi connectivity index (χ4n) is 2.38. The second kappa shape index (κ2) is 6.86. The van der Waals surface area contributed by atoms with Crippen LogP contribution in [0, 0.1) is 5.82 Å². The Kier molecular flexibility index (Phi) is 5.15. The van der Waals surface area contributed by atoms with Crippen molar-refractivity contribution in [1.29, 1.82) is 0 Å². The van der Waals surface area contributed by atoms with E-state index in [9.17, 15) is 4.39 Å². The average Bonchev–Trinajstić information content (AvgIpc) is 2.91. The summed E-state index contributed by atoms with van der Waals surface area (Å²) in [5.41, 5.74) is 3.36. The molecule has 2 nitrogen and oxygen atoms in total. The molecule has 0 spiro atoms. The van der Waals surface area contributed by atoms with Crippen LogP contribution in [0.15, 0.2) is 35.0 Å². The van der Waals surface area contributed by atoms with E-state index in [2.05, 4.69) is 40.9 Å². The van der Waals surface area contributed by atoms with Gasteiger partial charge in [-0.15, -0.1) is 0 Å². The third-order valence-corrected chi connectivity index (χ3v) is 4.11. The molecule has 1 N–H and O–H groups in total. The lowest BCUT2D eigenvalue weighted by Crippen LogP contribution is -2.23. The molecule has 4 heteroatoms. The Morgan fingerprint density at radius 2 is 2.15 bits per heavy atom. The van der Waals surface area contributed by atoms with Gasteiger partial charge in [-0.05, 0) is 59.6 Å². The number of benzene rings is 1. The summed E-state index contributed by atoms with van der Waals surface area (Å²) in [5, 5.41) is 7.58. The van der Waals surface area contributed by atoms with E-state index in [1.807, 2.05) is 13.1 Å². The SMILES string of the molecule is CCNC(C)c1cc(F)ccc1N(C)Cc1ccsc1. The van der Waals surface area contributed by atoms with Crippen molar-refractivity contribution in [1.82, 2.24) is 5.32 Å². The van der Waals surface area contributed by atoms with Crippen LogP contribution in [-0.4, -0.2) is 13.6 Å². The second-order valence-electron chi connectivity index (χ2n) is 4.97. The molecular formula is C16H21FN2S. The van der Waals surface area contributed by atoms with Crippen LogP contribution in [0.5, 0.6) is 0 Å². The maximum atomic E-state index is 13.5. The van der Waals surface area contributed by atoms with Crippen molar-refractivity contribution < 1.29 is 4.39 Å². The van der Waals surface area contributed by atoms with E-state index in [1.165, 1.54) is 11.6 Å². The summed E-state index contributed by atoms with van der Waals surface area (Å²) >= 11 is 1.70. The standard InChI is InChI=1S/C16H21FN2S/c1-4-18-12(2)15-9-14(17)5-6-16(15)19(3)10-13-7-8-20-11-13/h5-9,11-12,18H,4,10H2,1-3H3. The highest BCUT2D eigenvalue weighted by Crippen LogP contribution is 2.28. The minimum absolute atomic E-state index is 0.135.